The summed E-state index contributed by atoms with van der Waals surface area (Å²) < 4.78 is 28.4. The predicted octanol–water partition coefficient (Wildman–Crippen LogP) is 2.20. The number of fused-ring (bicyclic) bond motifs is 1. The van der Waals surface area contributed by atoms with Crippen LogP contribution in [0.25, 0.3) is 5.52 Å². The molecule has 24 heavy (non-hydrogen) atoms. The van der Waals surface area contributed by atoms with Crippen LogP contribution in [0.4, 0.5) is 0 Å². The molecule has 2 aromatic heterocycles. The first-order valence-electron chi connectivity index (χ1n) is 7.46. The Morgan fingerprint density at radius 2 is 2.00 bits per heavy atom. The van der Waals surface area contributed by atoms with Crippen LogP contribution in [-0.2, 0) is 10.0 Å². The van der Waals surface area contributed by atoms with Crippen molar-refractivity contribution in [1.82, 2.24) is 14.1 Å². The topological polar surface area (TPSA) is 80.5 Å². The van der Waals surface area contributed by atoms with Crippen molar-refractivity contribution in [1.29, 1.82) is 0 Å². The molecule has 0 saturated carbocycles. The summed E-state index contributed by atoms with van der Waals surface area (Å²) in [5, 5.41) is 0. The first kappa shape index (κ1) is 16.2. The number of hydrogen-bond acceptors (Lipinski definition) is 4. The molecule has 0 aliphatic heterocycles. The third kappa shape index (κ3) is 3.62. The van der Waals surface area contributed by atoms with Gasteiger partial charge in [-0.1, -0.05) is 37.3 Å². The quantitative estimate of drug-likeness (QED) is 0.770. The fourth-order valence-corrected chi connectivity index (χ4v) is 3.84. The number of sulfonamides is 1. The largest absolute Gasteiger partial charge is 0.306 e. The highest BCUT2D eigenvalue weighted by atomic mass is 32.2. The normalized spacial score (nSPS) is 12.9. The van der Waals surface area contributed by atoms with E-state index in [-0.39, 0.29) is 17.2 Å². The first-order chi connectivity index (χ1) is 11.4. The molecular formula is C17H17N3O3S. The Bertz CT molecular complexity index is 965. The van der Waals surface area contributed by atoms with Crippen LogP contribution in [0.5, 0.6) is 0 Å². The number of hydrogen-bond donors (Lipinski definition) is 1. The molecule has 1 atom stereocenters. The Morgan fingerprint density at radius 3 is 2.75 bits per heavy atom. The Hall–Kier alpha value is -2.67. The maximum absolute atomic E-state index is 12.3. The lowest BCUT2D eigenvalue weighted by Gasteiger charge is -2.13. The van der Waals surface area contributed by atoms with E-state index < -0.39 is 15.9 Å². The number of nitrogens with one attached hydrogen (secondary N) is 1. The molecule has 1 N–H and O–H groups in total. The molecule has 124 valence electrons. The predicted molar refractivity (Wildman–Crippen MR) is 91.3 cm³/mol. The minimum atomic E-state index is -3.74. The smallest absolute Gasteiger partial charge is 0.264 e. The summed E-state index contributed by atoms with van der Waals surface area (Å²) >= 11 is 0. The van der Waals surface area contributed by atoms with Gasteiger partial charge in [0, 0.05) is 11.8 Å². The van der Waals surface area contributed by atoms with E-state index >= 15 is 0 Å². The Balaban J connectivity index is 1.72. The van der Waals surface area contributed by atoms with Crippen LogP contribution in [-0.4, -0.2) is 29.5 Å². The first-order valence-corrected chi connectivity index (χ1v) is 9.11. The highest BCUT2D eigenvalue weighted by Gasteiger charge is 2.20. The minimum absolute atomic E-state index is 0.155. The number of carbonyl (C=O) groups excluding carboxylic acids is 1. The van der Waals surface area contributed by atoms with Crippen molar-refractivity contribution in [3.63, 3.8) is 0 Å². The number of aromatic nitrogens is 2. The van der Waals surface area contributed by atoms with Gasteiger partial charge in [-0.3, -0.25) is 4.79 Å². The monoisotopic (exact) mass is 343 g/mol. The fourth-order valence-electron chi connectivity index (χ4n) is 2.51. The highest BCUT2D eigenvalue weighted by Crippen LogP contribution is 2.16. The lowest BCUT2D eigenvalue weighted by Crippen LogP contribution is -2.34. The van der Waals surface area contributed by atoms with Gasteiger partial charge in [-0.15, -0.1) is 0 Å². The molecule has 7 heteroatoms. The van der Waals surface area contributed by atoms with Crippen molar-refractivity contribution in [2.75, 3.05) is 5.75 Å². The summed E-state index contributed by atoms with van der Waals surface area (Å²) in [6.45, 7) is 1.82. The van der Waals surface area contributed by atoms with Crippen molar-refractivity contribution >= 4 is 21.4 Å². The van der Waals surface area contributed by atoms with Crippen molar-refractivity contribution < 1.29 is 13.2 Å². The van der Waals surface area contributed by atoms with Gasteiger partial charge < -0.3 is 4.40 Å². The lowest BCUT2D eigenvalue weighted by molar-refractivity contribution is 0.0981. The molecule has 0 aliphatic rings. The maximum Gasteiger partial charge on any atom is 0.264 e. The SMILES string of the molecule is C[C@H](CS(=O)(=O)NC(=O)c1ccn2cncc2c1)c1ccccc1. The van der Waals surface area contributed by atoms with Crippen molar-refractivity contribution in [2.45, 2.75) is 12.8 Å². The molecule has 0 fully saturated rings. The minimum Gasteiger partial charge on any atom is -0.306 e. The maximum atomic E-state index is 12.3. The van der Waals surface area contributed by atoms with Crippen LogP contribution in [0.3, 0.4) is 0 Å². The van der Waals surface area contributed by atoms with E-state index in [4.69, 9.17) is 0 Å². The molecule has 0 unspecified atom stereocenters. The van der Waals surface area contributed by atoms with Gasteiger partial charge in [0.25, 0.3) is 5.91 Å². The zero-order valence-electron chi connectivity index (χ0n) is 13.1. The number of rotatable bonds is 5. The third-order valence-corrected chi connectivity index (χ3v) is 5.20. The van der Waals surface area contributed by atoms with E-state index in [1.807, 2.05) is 37.3 Å². The highest BCUT2D eigenvalue weighted by molar-refractivity contribution is 7.90. The second kappa shape index (κ2) is 6.45. The van der Waals surface area contributed by atoms with E-state index in [0.29, 0.717) is 0 Å². The average molecular weight is 343 g/mol. The van der Waals surface area contributed by atoms with E-state index in [1.165, 1.54) is 0 Å². The summed E-state index contributed by atoms with van der Waals surface area (Å²) in [5.74, 6) is -1.01. The van der Waals surface area contributed by atoms with Crippen LogP contribution in [0.15, 0.2) is 61.2 Å². The van der Waals surface area contributed by atoms with E-state index in [2.05, 4.69) is 9.71 Å². The molecule has 1 aromatic carbocycles. The fraction of sp³-hybridized carbons (Fsp3) is 0.176. The Labute approximate surface area is 140 Å². The molecule has 2 heterocycles. The van der Waals surface area contributed by atoms with Crippen molar-refractivity contribution in [3.05, 3.63) is 72.3 Å². The molecule has 6 nitrogen and oxygen atoms in total. The van der Waals surface area contributed by atoms with Crippen LogP contribution in [0.1, 0.15) is 28.8 Å². The molecule has 3 aromatic rings. The number of amides is 1. The molecule has 1 amide bonds. The van der Waals surface area contributed by atoms with Gasteiger partial charge in [-0.05, 0) is 23.6 Å². The Morgan fingerprint density at radius 1 is 1.25 bits per heavy atom. The van der Waals surface area contributed by atoms with Crippen molar-refractivity contribution in [2.24, 2.45) is 0 Å². The van der Waals surface area contributed by atoms with Gasteiger partial charge >= 0.3 is 0 Å². The summed E-state index contributed by atoms with van der Waals surface area (Å²) in [6.07, 6.45) is 4.87. The lowest BCUT2D eigenvalue weighted by atomic mass is 10.0. The summed E-state index contributed by atoms with van der Waals surface area (Å²) in [5.41, 5.74) is 1.91. The standard InChI is InChI=1S/C17H17N3O3S/c1-13(14-5-3-2-4-6-14)11-24(22,23)19-17(21)15-7-8-20-12-18-10-16(20)9-15/h2-10,12-13H,11H2,1H3,(H,19,21)/t13-/m1/s1. The van der Waals surface area contributed by atoms with Crippen LogP contribution < -0.4 is 4.72 Å². The number of nitrogens with zero attached hydrogens (tertiary/aromatic N) is 2. The molecule has 0 spiro atoms. The summed E-state index contributed by atoms with van der Waals surface area (Å²) in [4.78, 5) is 16.2. The third-order valence-electron chi connectivity index (χ3n) is 3.76. The van der Waals surface area contributed by atoms with E-state index in [9.17, 15) is 13.2 Å². The van der Waals surface area contributed by atoms with Crippen LogP contribution in [0, 0.1) is 0 Å². The zero-order valence-corrected chi connectivity index (χ0v) is 13.9. The summed E-state index contributed by atoms with van der Waals surface area (Å²) in [7, 11) is -3.74. The molecule has 0 radical (unpaired) electrons. The second-order valence-corrected chi connectivity index (χ2v) is 7.43. The van der Waals surface area contributed by atoms with Crippen LogP contribution >= 0.6 is 0 Å². The molecular weight excluding hydrogens is 326 g/mol. The van der Waals surface area contributed by atoms with E-state index in [1.54, 1.807) is 35.3 Å². The number of pyridine rings is 1. The van der Waals surface area contributed by atoms with E-state index in [0.717, 1.165) is 11.1 Å². The van der Waals surface area contributed by atoms with Crippen LogP contribution in [0.2, 0.25) is 0 Å². The number of benzene rings is 1. The van der Waals surface area contributed by atoms with Gasteiger partial charge in [-0.2, -0.15) is 0 Å². The molecule has 0 saturated heterocycles. The zero-order chi connectivity index (χ0) is 17.2. The van der Waals surface area contributed by atoms with Gasteiger partial charge in [0.15, 0.2) is 0 Å². The van der Waals surface area contributed by atoms with Gasteiger partial charge in [0.2, 0.25) is 10.0 Å². The van der Waals surface area contributed by atoms with Crippen molar-refractivity contribution in [3.8, 4) is 0 Å². The summed E-state index contributed by atoms with van der Waals surface area (Å²) in [6, 6.07) is 12.5. The number of imidazole rings is 1. The van der Waals surface area contributed by atoms with Gasteiger partial charge in [0.1, 0.15) is 0 Å². The molecule has 3 rings (SSSR count). The Kier molecular flexibility index (Phi) is 4.35. The number of carbonyl (C=O) groups is 1. The van der Waals surface area contributed by atoms with Gasteiger partial charge in [0.05, 0.1) is 23.8 Å². The second-order valence-electron chi connectivity index (χ2n) is 5.67. The molecule has 0 bridgehead atoms. The molecule has 0 aliphatic carbocycles. The van der Waals surface area contributed by atoms with Gasteiger partial charge in [-0.25, -0.2) is 18.1 Å². The average Bonchev–Trinajstić information content (AvgIpc) is 3.02.